The maximum atomic E-state index is 13.8. The van der Waals surface area contributed by atoms with E-state index in [1.165, 1.54) is 6.07 Å². The van der Waals surface area contributed by atoms with E-state index < -0.39 is 0 Å². The van der Waals surface area contributed by atoms with Gasteiger partial charge in [0.15, 0.2) is 0 Å². The lowest BCUT2D eigenvalue weighted by molar-refractivity contribution is 0.583. The Hall–Kier alpha value is -0.610. The van der Waals surface area contributed by atoms with Gasteiger partial charge in [-0.1, -0.05) is 42.3 Å². The van der Waals surface area contributed by atoms with Gasteiger partial charge in [0.05, 0.1) is 20.6 Å². The first kappa shape index (κ1) is 16.8. The fourth-order valence-electron chi connectivity index (χ4n) is 2.10. The summed E-state index contributed by atoms with van der Waals surface area (Å²) in [6.45, 7) is 2.91. The van der Waals surface area contributed by atoms with Crippen molar-refractivity contribution in [1.82, 2.24) is 5.32 Å². The molecule has 0 spiro atoms. The Bertz CT molecular complexity index is 582. The molecule has 5 heteroatoms. The Balaban J connectivity index is 2.41. The van der Waals surface area contributed by atoms with Crippen molar-refractivity contribution in [3.05, 3.63) is 67.9 Å². The zero-order valence-corrected chi connectivity index (χ0v) is 14.6. The average Bonchev–Trinajstić information content (AvgIpc) is 2.46. The summed E-state index contributed by atoms with van der Waals surface area (Å²) in [6, 6.07) is 10.5. The minimum atomic E-state index is -0.282. The van der Waals surface area contributed by atoms with Gasteiger partial charge in [0.2, 0.25) is 0 Å². The summed E-state index contributed by atoms with van der Waals surface area (Å²) in [6.07, 6.45) is 0.983. The third kappa shape index (κ3) is 4.19. The fraction of sp³-hybridized carbons (Fsp3) is 0.250. The molecule has 1 N–H and O–H groups in total. The molecule has 0 amide bonds. The summed E-state index contributed by atoms with van der Waals surface area (Å²) in [7, 11) is 0. The minimum Gasteiger partial charge on any atom is -0.306 e. The molecule has 0 fully saturated rings. The first-order valence-corrected chi connectivity index (χ1v) is 8.21. The van der Waals surface area contributed by atoms with E-state index in [0.29, 0.717) is 14.5 Å². The second kappa shape index (κ2) is 7.59. The summed E-state index contributed by atoms with van der Waals surface area (Å²) in [5, 5.41) is 4.42. The van der Waals surface area contributed by atoms with Gasteiger partial charge in [-0.2, -0.15) is 0 Å². The van der Waals surface area contributed by atoms with E-state index in [4.69, 9.17) is 23.2 Å². The van der Waals surface area contributed by atoms with Gasteiger partial charge in [-0.25, -0.2) is 4.39 Å². The number of halogens is 4. The van der Waals surface area contributed by atoms with Crippen LogP contribution in [0.25, 0.3) is 0 Å². The van der Waals surface area contributed by atoms with Crippen LogP contribution in [-0.4, -0.2) is 6.54 Å². The first-order valence-electron chi connectivity index (χ1n) is 6.66. The van der Waals surface area contributed by atoms with Crippen LogP contribution in [0.1, 0.15) is 30.5 Å². The van der Waals surface area contributed by atoms with E-state index in [9.17, 15) is 4.39 Å². The Morgan fingerprint density at radius 3 is 2.38 bits per heavy atom. The fourth-order valence-corrected chi connectivity index (χ4v) is 2.65. The smallest absolute Gasteiger partial charge is 0.137 e. The third-order valence-electron chi connectivity index (χ3n) is 3.15. The molecule has 2 aromatic carbocycles. The van der Waals surface area contributed by atoms with Gasteiger partial charge in [-0.05, 0) is 64.3 Å². The lowest BCUT2D eigenvalue weighted by Gasteiger charge is -2.20. The molecule has 0 aliphatic heterocycles. The zero-order valence-electron chi connectivity index (χ0n) is 11.5. The van der Waals surface area contributed by atoms with Crippen LogP contribution < -0.4 is 5.32 Å². The average molecular weight is 391 g/mol. The highest BCUT2D eigenvalue weighted by Gasteiger charge is 2.16. The highest BCUT2D eigenvalue weighted by Crippen LogP contribution is 2.30. The molecule has 1 nitrogen and oxygen atoms in total. The van der Waals surface area contributed by atoms with Crippen LogP contribution in [0.2, 0.25) is 10.0 Å². The van der Waals surface area contributed by atoms with Crippen LogP contribution in [-0.2, 0) is 0 Å². The number of nitrogens with one attached hydrogen (secondary N) is 1. The first-order chi connectivity index (χ1) is 10.0. The molecule has 2 rings (SSSR count). The van der Waals surface area contributed by atoms with Crippen LogP contribution in [0.3, 0.4) is 0 Å². The van der Waals surface area contributed by atoms with E-state index in [0.717, 1.165) is 24.1 Å². The molecule has 0 saturated carbocycles. The molecule has 1 unspecified atom stereocenters. The van der Waals surface area contributed by atoms with Crippen molar-refractivity contribution in [2.24, 2.45) is 0 Å². The van der Waals surface area contributed by atoms with E-state index in [-0.39, 0.29) is 11.9 Å². The summed E-state index contributed by atoms with van der Waals surface area (Å²) >= 11 is 15.2. The van der Waals surface area contributed by atoms with Crippen molar-refractivity contribution >= 4 is 39.1 Å². The molecular weight excluding hydrogens is 376 g/mol. The van der Waals surface area contributed by atoms with Crippen LogP contribution in [0.5, 0.6) is 0 Å². The van der Waals surface area contributed by atoms with E-state index in [1.54, 1.807) is 12.1 Å². The maximum Gasteiger partial charge on any atom is 0.137 e. The Labute approximate surface area is 142 Å². The predicted molar refractivity (Wildman–Crippen MR) is 90.7 cm³/mol. The lowest BCUT2D eigenvalue weighted by atomic mass is 9.98. The summed E-state index contributed by atoms with van der Waals surface area (Å²) < 4.78 is 14.3. The number of rotatable bonds is 5. The molecular formula is C16H15BrCl2FN. The normalized spacial score (nSPS) is 12.4. The van der Waals surface area contributed by atoms with Crippen molar-refractivity contribution in [2.45, 2.75) is 19.4 Å². The molecule has 1 atom stereocenters. The maximum absolute atomic E-state index is 13.8. The molecule has 112 valence electrons. The van der Waals surface area contributed by atoms with Crippen molar-refractivity contribution < 1.29 is 4.39 Å². The Morgan fingerprint density at radius 2 is 1.76 bits per heavy atom. The second-order valence-electron chi connectivity index (χ2n) is 4.73. The van der Waals surface area contributed by atoms with Gasteiger partial charge in [0.25, 0.3) is 0 Å². The van der Waals surface area contributed by atoms with Gasteiger partial charge in [-0.15, -0.1) is 0 Å². The van der Waals surface area contributed by atoms with Crippen LogP contribution in [0, 0.1) is 5.82 Å². The molecule has 2 aromatic rings. The van der Waals surface area contributed by atoms with Gasteiger partial charge < -0.3 is 5.32 Å². The van der Waals surface area contributed by atoms with Crippen molar-refractivity contribution in [1.29, 1.82) is 0 Å². The highest BCUT2D eigenvalue weighted by molar-refractivity contribution is 9.10. The number of hydrogen-bond donors (Lipinski definition) is 1. The Morgan fingerprint density at radius 1 is 1.10 bits per heavy atom. The van der Waals surface area contributed by atoms with Crippen LogP contribution in [0.15, 0.2) is 40.9 Å². The zero-order chi connectivity index (χ0) is 15.4. The van der Waals surface area contributed by atoms with Gasteiger partial charge in [0.1, 0.15) is 5.82 Å². The molecule has 0 aromatic heterocycles. The van der Waals surface area contributed by atoms with E-state index in [1.807, 2.05) is 18.2 Å². The summed E-state index contributed by atoms with van der Waals surface area (Å²) in [5.74, 6) is -0.282. The lowest BCUT2D eigenvalue weighted by Crippen LogP contribution is -2.23. The van der Waals surface area contributed by atoms with Crippen molar-refractivity contribution in [3.63, 3.8) is 0 Å². The quantitative estimate of drug-likeness (QED) is 0.661. The molecule has 0 aliphatic rings. The van der Waals surface area contributed by atoms with Gasteiger partial charge >= 0.3 is 0 Å². The van der Waals surface area contributed by atoms with E-state index >= 15 is 0 Å². The van der Waals surface area contributed by atoms with Gasteiger partial charge in [0, 0.05) is 0 Å². The van der Waals surface area contributed by atoms with Gasteiger partial charge in [-0.3, -0.25) is 0 Å². The second-order valence-corrected chi connectivity index (χ2v) is 6.40. The Kier molecular flexibility index (Phi) is 6.06. The topological polar surface area (TPSA) is 12.0 Å². The van der Waals surface area contributed by atoms with Crippen molar-refractivity contribution in [3.8, 4) is 0 Å². The monoisotopic (exact) mass is 389 g/mol. The highest BCUT2D eigenvalue weighted by atomic mass is 79.9. The largest absolute Gasteiger partial charge is 0.306 e. The van der Waals surface area contributed by atoms with Crippen LogP contribution in [0.4, 0.5) is 4.39 Å². The standard InChI is InChI=1S/C16H15BrCl2FN/c1-2-7-21-16(10-4-6-13(18)14(19)8-10)11-3-5-12(17)15(20)9-11/h3-6,8-9,16,21H,2,7H2,1H3. The molecule has 0 radical (unpaired) electrons. The molecule has 21 heavy (non-hydrogen) atoms. The number of hydrogen-bond acceptors (Lipinski definition) is 1. The molecule has 0 heterocycles. The molecule has 0 saturated heterocycles. The molecule has 0 bridgehead atoms. The predicted octanol–water partition coefficient (Wildman–Crippen LogP) is 5.98. The van der Waals surface area contributed by atoms with Crippen molar-refractivity contribution in [2.75, 3.05) is 6.54 Å². The molecule has 0 aliphatic carbocycles. The summed E-state index contributed by atoms with van der Waals surface area (Å²) in [4.78, 5) is 0. The SMILES string of the molecule is CCCNC(c1ccc(Br)c(F)c1)c1ccc(Cl)c(Cl)c1. The van der Waals surface area contributed by atoms with Crippen LogP contribution >= 0.6 is 39.1 Å². The number of benzene rings is 2. The minimum absolute atomic E-state index is 0.123. The van der Waals surface area contributed by atoms with E-state index in [2.05, 4.69) is 28.2 Å². The third-order valence-corrected chi connectivity index (χ3v) is 4.53. The summed E-state index contributed by atoms with van der Waals surface area (Å²) in [5.41, 5.74) is 1.81.